The molecule has 0 atom stereocenters. The molecular formula is C19H24N2O. The van der Waals surface area contributed by atoms with Gasteiger partial charge in [0.15, 0.2) is 0 Å². The smallest absolute Gasteiger partial charge is 0.0930 e. The van der Waals surface area contributed by atoms with E-state index in [0.717, 1.165) is 25.1 Å². The molecule has 1 N–H and O–H groups in total. The fourth-order valence-corrected chi connectivity index (χ4v) is 2.83. The highest BCUT2D eigenvalue weighted by Crippen LogP contribution is 2.48. The maximum absolute atomic E-state index is 5.67. The van der Waals surface area contributed by atoms with Crippen LogP contribution in [0.25, 0.3) is 0 Å². The average Bonchev–Trinajstić information content (AvgIpc) is 3.36. The Kier molecular flexibility index (Phi) is 4.02. The van der Waals surface area contributed by atoms with Gasteiger partial charge in [0.05, 0.1) is 16.8 Å². The normalized spacial score (nSPS) is 16.5. The van der Waals surface area contributed by atoms with Gasteiger partial charge < -0.3 is 10.1 Å². The number of aromatic nitrogens is 1. The number of nitrogens with one attached hydrogen (secondary N) is 1. The minimum Gasteiger partial charge on any atom is -0.374 e. The molecular weight excluding hydrogens is 272 g/mol. The molecule has 0 amide bonds. The molecule has 116 valence electrons. The van der Waals surface area contributed by atoms with Crippen molar-refractivity contribution in [2.24, 2.45) is 0 Å². The van der Waals surface area contributed by atoms with E-state index in [9.17, 15) is 0 Å². The molecule has 2 aromatic rings. The second-order valence-corrected chi connectivity index (χ2v) is 6.59. The minimum atomic E-state index is -0.157. The Labute approximate surface area is 132 Å². The van der Waals surface area contributed by atoms with Gasteiger partial charge in [0.25, 0.3) is 0 Å². The lowest BCUT2D eigenvalue weighted by atomic mass is 9.98. The number of nitrogens with zero attached hydrogens (tertiary/aromatic N) is 1. The monoisotopic (exact) mass is 296 g/mol. The maximum atomic E-state index is 5.67. The second-order valence-electron chi connectivity index (χ2n) is 6.59. The molecule has 1 aromatic heterocycles. The van der Waals surface area contributed by atoms with Crippen LogP contribution in [0.5, 0.6) is 0 Å². The van der Waals surface area contributed by atoms with Gasteiger partial charge in [0, 0.05) is 19.9 Å². The first-order chi connectivity index (χ1) is 10.6. The maximum Gasteiger partial charge on any atom is 0.0930 e. The molecule has 0 aliphatic heterocycles. The molecule has 0 spiro atoms. The number of methoxy groups -OCH3 is 1. The Morgan fingerprint density at radius 1 is 1.18 bits per heavy atom. The summed E-state index contributed by atoms with van der Waals surface area (Å²) < 4.78 is 5.67. The standard InChI is InChI=1S/C19H24N2O/c1-18(2,17-9-4-5-12-20-17)21-14-15-7-6-8-16(13-15)19(22-3)10-11-19/h4-9,12-13,21H,10-11,14H2,1-3H3. The number of hydrogen-bond donors (Lipinski definition) is 1. The highest BCUT2D eigenvalue weighted by molar-refractivity contribution is 5.32. The Bertz CT molecular complexity index is 633. The van der Waals surface area contributed by atoms with E-state index in [1.165, 1.54) is 11.1 Å². The Morgan fingerprint density at radius 2 is 2.00 bits per heavy atom. The van der Waals surface area contributed by atoms with Crippen LogP contribution in [0.1, 0.15) is 43.5 Å². The SMILES string of the molecule is COC1(c2cccc(CNC(C)(C)c3ccccn3)c2)CC1. The van der Waals surface area contributed by atoms with Crippen LogP contribution in [0.4, 0.5) is 0 Å². The fourth-order valence-electron chi connectivity index (χ4n) is 2.83. The summed E-state index contributed by atoms with van der Waals surface area (Å²) in [6, 6.07) is 14.8. The van der Waals surface area contributed by atoms with E-state index in [-0.39, 0.29) is 11.1 Å². The largest absolute Gasteiger partial charge is 0.374 e. The molecule has 1 aliphatic rings. The van der Waals surface area contributed by atoms with Gasteiger partial charge in [-0.05, 0) is 49.9 Å². The molecule has 22 heavy (non-hydrogen) atoms. The van der Waals surface area contributed by atoms with Crippen molar-refractivity contribution >= 4 is 0 Å². The topological polar surface area (TPSA) is 34.1 Å². The molecule has 3 heteroatoms. The van der Waals surface area contributed by atoms with E-state index in [1.54, 1.807) is 0 Å². The van der Waals surface area contributed by atoms with Crippen molar-refractivity contribution in [2.75, 3.05) is 7.11 Å². The van der Waals surface area contributed by atoms with E-state index in [4.69, 9.17) is 4.74 Å². The van der Waals surface area contributed by atoms with Gasteiger partial charge in [-0.2, -0.15) is 0 Å². The predicted molar refractivity (Wildman–Crippen MR) is 88.5 cm³/mol. The zero-order valence-electron chi connectivity index (χ0n) is 13.6. The molecule has 0 saturated heterocycles. The first kappa shape index (κ1) is 15.2. The third-order valence-corrected chi connectivity index (χ3v) is 4.59. The van der Waals surface area contributed by atoms with E-state index in [0.29, 0.717) is 0 Å². The summed E-state index contributed by atoms with van der Waals surface area (Å²) in [6.07, 6.45) is 4.09. The minimum absolute atomic E-state index is 0.0213. The van der Waals surface area contributed by atoms with Crippen LogP contribution in [-0.2, 0) is 22.4 Å². The van der Waals surface area contributed by atoms with Gasteiger partial charge in [-0.15, -0.1) is 0 Å². The highest BCUT2D eigenvalue weighted by Gasteiger charge is 2.44. The van der Waals surface area contributed by atoms with E-state index in [1.807, 2.05) is 25.4 Å². The summed E-state index contributed by atoms with van der Waals surface area (Å²) in [5.41, 5.74) is 3.46. The zero-order chi connectivity index (χ0) is 15.6. The van der Waals surface area contributed by atoms with Crippen LogP contribution in [0.2, 0.25) is 0 Å². The first-order valence-corrected chi connectivity index (χ1v) is 7.87. The van der Waals surface area contributed by atoms with E-state index >= 15 is 0 Å². The number of pyridine rings is 1. The van der Waals surface area contributed by atoms with Gasteiger partial charge in [0.2, 0.25) is 0 Å². The van der Waals surface area contributed by atoms with Crippen LogP contribution in [0.3, 0.4) is 0 Å². The Hall–Kier alpha value is -1.71. The molecule has 0 unspecified atom stereocenters. The van der Waals surface area contributed by atoms with Crippen molar-refractivity contribution in [3.63, 3.8) is 0 Å². The van der Waals surface area contributed by atoms with Crippen molar-refractivity contribution < 1.29 is 4.74 Å². The molecule has 1 fully saturated rings. The third kappa shape index (κ3) is 3.06. The molecule has 0 radical (unpaired) electrons. The van der Waals surface area contributed by atoms with Gasteiger partial charge in [-0.3, -0.25) is 4.98 Å². The van der Waals surface area contributed by atoms with Crippen LogP contribution in [0.15, 0.2) is 48.7 Å². The summed E-state index contributed by atoms with van der Waals surface area (Å²) in [4.78, 5) is 4.46. The fraction of sp³-hybridized carbons (Fsp3) is 0.421. The lowest BCUT2D eigenvalue weighted by Gasteiger charge is -2.26. The number of benzene rings is 1. The summed E-state index contributed by atoms with van der Waals surface area (Å²) in [5, 5.41) is 3.61. The molecule has 1 aliphatic carbocycles. The summed E-state index contributed by atoms with van der Waals surface area (Å²) >= 11 is 0. The third-order valence-electron chi connectivity index (χ3n) is 4.59. The average molecular weight is 296 g/mol. The van der Waals surface area contributed by atoms with Crippen molar-refractivity contribution in [2.45, 2.75) is 44.4 Å². The molecule has 1 heterocycles. The number of hydrogen-bond acceptors (Lipinski definition) is 3. The molecule has 1 saturated carbocycles. The van der Waals surface area contributed by atoms with Crippen LogP contribution in [-0.4, -0.2) is 12.1 Å². The second kappa shape index (κ2) is 5.82. The van der Waals surface area contributed by atoms with Crippen molar-refractivity contribution in [1.82, 2.24) is 10.3 Å². The molecule has 0 bridgehead atoms. The highest BCUT2D eigenvalue weighted by atomic mass is 16.5. The predicted octanol–water partition coefficient (Wildman–Crippen LogP) is 3.74. The Morgan fingerprint density at radius 3 is 2.64 bits per heavy atom. The zero-order valence-corrected chi connectivity index (χ0v) is 13.6. The number of ether oxygens (including phenoxy) is 1. The molecule has 1 aromatic carbocycles. The van der Waals surface area contributed by atoms with E-state index < -0.39 is 0 Å². The molecule has 3 rings (SSSR count). The van der Waals surface area contributed by atoms with Crippen LogP contribution >= 0.6 is 0 Å². The lowest BCUT2D eigenvalue weighted by Crippen LogP contribution is -2.36. The van der Waals surface area contributed by atoms with Crippen LogP contribution in [0, 0.1) is 0 Å². The summed E-state index contributed by atoms with van der Waals surface area (Å²) in [7, 11) is 1.81. The van der Waals surface area contributed by atoms with Gasteiger partial charge in [-0.1, -0.05) is 30.3 Å². The van der Waals surface area contributed by atoms with Gasteiger partial charge in [-0.25, -0.2) is 0 Å². The lowest BCUT2D eigenvalue weighted by molar-refractivity contribution is 0.0788. The Balaban J connectivity index is 1.70. The quantitative estimate of drug-likeness (QED) is 0.881. The van der Waals surface area contributed by atoms with E-state index in [2.05, 4.69) is 54.5 Å². The van der Waals surface area contributed by atoms with Crippen molar-refractivity contribution in [1.29, 1.82) is 0 Å². The molecule has 3 nitrogen and oxygen atoms in total. The van der Waals surface area contributed by atoms with Crippen LogP contribution < -0.4 is 5.32 Å². The van der Waals surface area contributed by atoms with Gasteiger partial charge >= 0.3 is 0 Å². The first-order valence-electron chi connectivity index (χ1n) is 7.87. The van der Waals surface area contributed by atoms with Crippen molar-refractivity contribution in [3.05, 3.63) is 65.5 Å². The summed E-state index contributed by atoms with van der Waals surface area (Å²) in [5.74, 6) is 0. The van der Waals surface area contributed by atoms with Crippen molar-refractivity contribution in [3.8, 4) is 0 Å². The summed E-state index contributed by atoms with van der Waals surface area (Å²) in [6.45, 7) is 5.14. The van der Waals surface area contributed by atoms with Gasteiger partial charge in [0.1, 0.15) is 0 Å². The number of rotatable bonds is 6.